The summed E-state index contributed by atoms with van der Waals surface area (Å²) in [5, 5.41) is 3.22. The molecule has 0 fully saturated rings. The van der Waals surface area contributed by atoms with Gasteiger partial charge in [-0.2, -0.15) is 5.10 Å². The van der Waals surface area contributed by atoms with Crippen molar-refractivity contribution in [3.63, 3.8) is 0 Å². The fourth-order valence-corrected chi connectivity index (χ4v) is 0.865. The van der Waals surface area contributed by atoms with Gasteiger partial charge in [-0.25, -0.2) is 4.39 Å². The summed E-state index contributed by atoms with van der Waals surface area (Å²) in [6.07, 6.45) is 1.23. The first kappa shape index (κ1) is 8.52. The second-order valence-electron chi connectivity index (χ2n) is 2.14. The number of ether oxygens (including phenoxy) is 1. The lowest BCUT2D eigenvalue weighted by atomic mass is 10.2. The van der Waals surface area contributed by atoms with E-state index in [0.717, 1.165) is 0 Å². The molecule has 0 radical (unpaired) electrons. The molecule has 12 heavy (non-hydrogen) atoms. The van der Waals surface area contributed by atoms with Gasteiger partial charge < -0.3 is 10.6 Å². The minimum absolute atomic E-state index is 0.187. The summed E-state index contributed by atoms with van der Waals surface area (Å²) in [5.41, 5.74) is 0.317. The van der Waals surface area contributed by atoms with E-state index in [1.54, 1.807) is 12.1 Å². The molecule has 0 unspecified atom stereocenters. The number of hydrazone groups is 1. The summed E-state index contributed by atoms with van der Waals surface area (Å²) in [4.78, 5) is 0. The largest absolute Gasteiger partial charge is 0.494 e. The maximum atomic E-state index is 13.2. The van der Waals surface area contributed by atoms with Crippen molar-refractivity contribution in [3.8, 4) is 5.75 Å². The number of methoxy groups -OCH3 is 1. The molecule has 1 aromatic carbocycles. The van der Waals surface area contributed by atoms with Gasteiger partial charge >= 0.3 is 0 Å². The fraction of sp³-hybridized carbons (Fsp3) is 0.125. The van der Waals surface area contributed by atoms with E-state index in [-0.39, 0.29) is 5.75 Å². The molecule has 0 bridgehead atoms. The third-order valence-corrected chi connectivity index (χ3v) is 1.43. The van der Waals surface area contributed by atoms with Crippen LogP contribution >= 0.6 is 0 Å². The average Bonchev–Trinajstić information content (AvgIpc) is 2.09. The number of benzene rings is 1. The van der Waals surface area contributed by atoms with Crippen LogP contribution < -0.4 is 10.6 Å². The molecule has 64 valence electrons. The molecule has 0 spiro atoms. The lowest BCUT2D eigenvalue weighted by molar-refractivity contribution is 0.386. The minimum atomic E-state index is -0.450. The lowest BCUT2D eigenvalue weighted by Gasteiger charge is -2.02. The maximum Gasteiger partial charge on any atom is 0.173 e. The van der Waals surface area contributed by atoms with E-state index in [9.17, 15) is 4.39 Å². The van der Waals surface area contributed by atoms with Crippen LogP contribution in [0.15, 0.2) is 23.3 Å². The van der Waals surface area contributed by atoms with Crippen molar-refractivity contribution in [2.45, 2.75) is 0 Å². The van der Waals surface area contributed by atoms with Crippen molar-refractivity contribution in [2.75, 3.05) is 7.11 Å². The number of rotatable bonds is 2. The van der Waals surface area contributed by atoms with Crippen molar-refractivity contribution in [1.29, 1.82) is 0 Å². The van der Waals surface area contributed by atoms with Crippen LogP contribution in [0, 0.1) is 5.82 Å². The molecule has 0 saturated heterocycles. The first-order valence-electron chi connectivity index (χ1n) is 3.35. The summed E-state index contributed by atoms with van der Waals surface area (Å²) in [7, 11) is 1.40. The van der Waals surface area contributed by atoms with Gasteiger partial charge in [0, 0.05) is 5.56 Å². The zero-order valence-electron chi connectivity index (χ0n) is 6.62. The Morgan fingerprint density at radius 3 is 2.92 bits per heavy atom. The Bertz CT molecular complexity index is 299. The molecule has 0 aromatic heterocycles. The topological polar surface area (TPSA) is 47.6 Å². The SMILES string of the molecule is COc1cccc(C=NN)c1F. The Labute approximate surface area is 69.6 Å². The van der Waals surface area contributed by atoms with Crippen molar-refractivity contribution < 1.29 is 9.13 Å². The molecule has 2 N–H and O–H groups in total. The van der Waals surface area contributed by atoms with Crippen molar-refractivity contribution in [3.05, 3.63) is 29.6 Å². The van der Waals surface area contributed by atoms with Crippen LogP contribution in [0.2, 0.25) is 0 Å². The van der Waals surface area contributed by atoms with E-state index in [1.807, 2.05) is 0 Å². The standard InChI is InChI=1S/C8H9FN2O/c1-12-7-4-2-3-6(5-11-10)8(7)9/h2-5H,10H2,1H3. The Morgan fingerprint density at radius 1 is 1.58 bits per heavy atom. The molecule has 1 rings (SSSR count). The lowest BCUT2D eigenvalue weighted by Crippen LogP contribution is -1.94. The highest BCUT2D eigenvalue weighted by Gasteiger charge is 2.04. The van der Waals surface area contributed by atoms with Crippen molar-refractivity contribution >= 4 is 6.21 Å². The second-order valence-corrected chi connectivity index (χ2v) is 2.14. The van der Waals surface area contributed by atoms with Gasteiger partial charge in [-0.05, 0) is 6.07 Å². The smallest absolute Gasteiger partial charge is 0.173 e. The molecule has 0 atom stereocenters. The van der Waals surface area contributed by atoms with E-state index < -0.39 is 5.82 Å². The van der Waals surface area contributed by atoms with E-state index in [0.29, 0.717) is 5.56 Å². The molecule has 0 heterocycles. The van der Waals surface area contributed by atoms with Crippen molar-refractivity contribution in [2.24, 2.45) is 10.9 Å². The Balaban J connectivity index is 3.13. The molecule has 0 saturated carbocycles. The Morgan fingerprint density at radius 2 is 2.33 bits per heavy atom. The van der Waals surface area contributed by atoms with E-state index in [4.69, 9.17) is 10.6 Å². The quantitative estimate of drug-likeness (QED) is 0.408. The van der Waals surface area contributed by atoms with Gasteiger partial charge in [0.05, 0.1) is 13.3 Å². The summed E-state index contributed by atoms with van der Waals surface area (Å²) < 4.78 is 17.9. The summed E-state index contributed by atoms with van der Waals surface area (Å²) >= 11 is 0. The summed E-state index contributed by atoms with van der Waals surface area (Å²) in [6.45, 7) is 0. The van der Waals surface area contributed by atoms with Crippen molar-refractivity contribution in [1.82, 2.24) is 0 Å². The molecule has 0 aliphatic heterocycles. The molecular formula is C8H9FN2O. The maximum absolute atomic E-state index is 13.2. The number of hydrogen-bond donors (Lipinski definition) is 1. The van der Waals surface area contributed by atoms with Gasteiger partial charge in [0.1, 0.15) is 0 Å². The molecule has 4 heteroatoms. The highest BCUT2D eigenvalue weighted by molar-refractivity contribution is 5.80. The summed E-state index contributed by atoms with van der Waals surface area (Å²) in [6, 6.07) is 4.76. The van der Waals surface area contributed by atoms with Gasteiger partial charge in [-0.15, -0.1) is 0 Å². The molecule has 0 amide bonds. The van der Waals surface area contributed by atoms with Gasteiger partial charge in [0.15, 0.2) is 11.6 Å². The predicted octanol–water partition coefficient (Wildman–Crippen LogP) is 1.13. The third-order valence-electron chi connectivity index (χ3n) is 1.43. The number of halogens is 1. The first-order chi connectivity index (χ1) is 5.79. The molecule has 1 aromatic rings. The molecule has 0 aliphatic carbocycles. The van der Waals surface area contributed by atoms with Gasteiger partial charge in [-0.3, -0.25) is 0 Å². The first-order valence-corrected chi connectivity index (χ1v) is 3.35. The monoisotopic (exact) mass is 168 g/mol. The second kappa shape index (κ2) is 3.71. The number of hydrogen-bond acceptors (Lipinski definition) is 3. The van der Waals surface area contributed by atoms with Gasteiger partial charge in [-0.1, -0.05) is 12.1 Å². The molecule has 3 nitrogen and oxygen atoms in total. The average molecular weight is 168 g/mol. The van der Waals surface area contributed by atoms with Crippen LogP contribution in [-0.2, 0) is 0 Å². The molecule has 0 aliphatic rings. The van der Waals surface area contributed by atoms with Crippen LogP contribution in [0.4, 0.5) is 4.39 Å². The summed E-state index contributed by atoms with van der Waals surface area (Å²) in [5.74, 6) is 4.62. The normalized spacial score (nSPS) is 10.5. The molecular weight excluding hydrogens is 159 g/mol. The van der Waals surface area contributed by atoms with E-state index >= 15 is 0 Å². The number of nitrogens with two attached hydrogens (primary N) is 1. The Hall–Kier alpha value is -1.58. The van der Waals surface area contributed by atoms with Gasteiger partial charge in [0.25, 0.3) is 0 Å². The zero-order valence-corrected chi connectivity index (χ0v) is 6.62. The minimum Gasteiger partial charge on any atom is -0.494 e. The van der Waals surface area contributed by atoms with Crippen LogP contribution in [-0.4, -0.2) is 13.3 Å². The Kier molecular flexibility index (Phi) is 2.63. The van der Waals surface area contributed by atoms with Crippen LogP contribution in [0.5, 0.6) is 5.75 Å². The number of nitrogens with zero attached hydrogens (tertiary/aromatic N) is 1. The highest BCUT2D eigenvalue weighted by Crippen LogP contribution is 2.18. The predicted molar refractivity (Wildman–Crippen MR) is 44.7 cm³/mol. The van der Waals surface area contributed by atoms with E-state index in [2.05, 4.69) is 5.10 Å². The van der Waals surface area contributed by atoms with Gasteiger partial charge in [0.2, 0.25) is 0 Å². The van der Waals surface area contributed by atoms with Crippen LogP contribution in [0.25, 0.3) is 0 Å². The highest BCUT2D eigenvalue weighted by atomic mass is 19.1. The van der Waals surface area contributed by atoms with Crippen LogP contribution in [0.3, 0.4) is 0 Å². The zero-order chi connectivity index (χ0) is 8.97. The third kappa shape index (κ3) is 1.53. The van der Waals surface area contributed by atoms with Crippen LogP contribution in [0.1, 0.15) is 5.56 Å². The fourth-order valence-electron chi connectivity index (χ4n) is 0.865. The van der Waals surface area contributed by atoms with E-state index in [1.165, 1.54) is 19.4 Å².